The Kier molecular flexibility index (Phi) is 5.03. The lowest BCUT2D eigenvalue weighted by Gasteiger charge is -2.09. The largest absolute Gasteiger partial charge is 0.497 e. The highest BCUT2D eigenvalue weighted by Gasteiger charge is 2.17. The van der Waals surface area contributed by atoms with Gasteiger partial charge in [-0.2, -0.15) is 0 Å². The van der Waals surface area contributed by atoms with Crippen molar-refractivity contribution in [2.45, 2.75) is 5.88 Å². The van der Waals surface area contributed by atoms with Gasteiger partial charge in [-0.1, -0.05) is 22.0 Å². The number of hydrogen-bond acceptors (Lipinski definition) is 4. The second-order valence-corrected chi connectivity index (χ2v) is 5.20. The van der Waals surface area contributed by atoms with Gasteiger partial charge in [-0.15, -0.1) is 11.6 Å². The Morgan fingerprint density at radius 1 is 1.24 bits per heavy atom. The van der Waals surface area contributed by atoms with Crippen molar-refractivity contribution in [3.05, 3.63) is 56.5 Å². The molecular weight excluding hydrogens is 362 g/mol. The number of ether oxygens (including phenoxy) is 2. The molecule has 0 saturated carbocycles. The minimum absolute atomic E-state index is 0.116. The summed E-state index contributed by atoms with van der Waals surface area (Å²) in [7, 11) is 1.48. The minimum atomic E-state index is -0.503. The topological polar surface area (TPSA) is 61.6 Å². The number of hydrogen-bond donors (Lipinski definition) is 0. The molecule has 0 aliphatic carbocycles. The number of alkyl halides is 1. The highest BCUT2D eigenvalue weighted by atomic mass is 79.9. The molecule has 21 heavy (non-hydrogen) atoms. The normalized spacial score (nSPS) is 10.2. The number of nitro groups is 1. The molecule has 0 bridgehead atoms. The summed E-state index contributed by atoms with van der Waals surface area (Å²) in [5.41, 5.74) is 0.775. The first-order valence-electron chi connectivity index (χ1n) is 5.90. The van der Waals surface area contributed by atoms with Gasteiger partial charge in [0.15, 0.2) is 0 Å². The fourth-order valence-corrected chi connectivity index (χ4v) is 2.57. The SMILES string of the molecule is COc1ccc([N+](=O)[O-])c(Oc2ccc(CCl)c(Br)c2)c1. The van der Waals surface area contributed by atoms with Gasteiger partial charge >= 0.3 is 5.69 Å². The summed E-state index contributed by atoms with van der Waals surface area (Å²) < 4.78 is 11.4. The van der Waals surface area contributed by atoms with Crippen LogP contribution in [0.1, 0.15) is 5.56 Å². The summed E-state index contributed by atoms with van der Waals surface area (Å²) >= 11 is 9.15. The zero-order valence-electron chi connectivity index (χ0n) is 11.0. The molecule has 7 heteroatoms. The first-order valence-corrected chi connectivity index (χ1v) is 7.22. The molecule has 2 aromatic carbocycles. The van der Waals surface area contributed by atoms with Gasteiger partial charge in [-0.3, -0.25) is 10.1 Å². The van der Waals surface area contributed by atoms with Crippen LogP contribution in [-0.2, 0) is 5.88 Å². The molecular formula is C14H11BrClNO4. The standard InChI is InChI=1S/C14H11BrClNO4/c1-20-10-4-5-13(17(18)19)14(7-10)21-11-3-2-9(8-16)12(15)6-11/h2-7H,8H2,1H3. The Hall–Kier alpha value is -1.79. The maximum absolute atomic E-state index is 11.0. The molecule has 0 atom stereocenters. The zero-order chi connectivity index (χ0) is 15.4. The number of methoxy groups -OCH3 is 1. The van der Waals surface area contributed by atoms with Gasteiger partial charge < -0.3 is 9.47 Å². The molecule has 110 valence electrons. The molecule has 0 amide bonds. The van der Waals surface area contributed by atoms with Gasteiger partial charge in [0, 0.05) is 22.5 Å². The maximum atomic E-state index is 11.0. The summed E-state index contributed by atoms with van der Waals surface area (Å²) in [5, 5.41) is 11.0. The molecule has 5 nitrogen and oxygen atoms in total. The van der Waals surface area contributed by atoms with Crippen LogP contribution in [-0.4, -0.2) is 12.0 Å². The van der Waals surface area contributed by atoms with Gasteiger partial charge in [0.1, 0.15) is 11.5 Å². The lowest BCUT2D eigenvalue weighted by Crippen LogP contribution is -1.95. The van der Waals surface area contributed by atoms with E-state index in [2.05, 4.69) is 15.9 Å². The van der Waals surface area contributed by atoms with E-state index in [4.69, 9.17) is 21.1 Å². The molecule has 0 saturated heterocycles. The number of nitro benzene ring substituents is 1. The number of nitrogens with zero attached hydrogens (tertiary/aromatic N) is 1. The molecule has 0 radical (unpaired) electrons. The van der Waals surface area contributed by atoms with Crippen LogP contribution in [0.15, 0.2) is 40.9 Å². The smallest absolute Gasteiger partial charge is 0.311 e. The van der Waals surface area contributed by atoms with Gasteiger partial charge in [0.2, 0.25) is 5.75 Å². The molecule has 0 heterocycles. The quantitative estimate of drug-likeness (QED) is 0.425. The summed E-state index contributed by atoms with van der Waals surface area (Å²) in [4.78, 5) is 10.5. The first kappa shape index (κ1) is 15.6. The maximum Gasteiger partial charge on any atom is 0.311 e. The number of halogens is 2. The van der Waals surface area contributed by atoms with Gasteiger partial charge in [0.25, 0.3) is 0 Å². The lowest BCUT2D eigenvalue weighted by molar-refractivity contribution is -0.385. The molecule has 0 aliphatic heterocycles. The molecule has 0 N–H and O–H groups in total. The third-order valence-electron chi connectivity index (χ3n) is 2.76. The Morgan fingerprint density at radius 2 is 1.95 bits per heavy atom. The van der Waals surface area contributed by atoms with E-state index in [0.29, 0.717) is 17.4 Å². The molecule has 0 aromatic heterocycles. The first-order chi connectivity index (χ1) is 10.0. The van der Waals surface area contributed by atoms with Gasteiger partial charge in [0.05, 0.1) is 12.0 Å². The summed E-state index contributed by atoms with van der Waals surface area (Å²) in [6.45, 7) is 0. The lowest BCUT2D eigenvalue weighted by atomic mass is 10.2. The highest BCUT2D eigenvalue weighted by Crippen LogP contribution is 2.35. The van der Waals surface area contributed by atoms with Crippen LogP contribution in [0.2, 0.25) is 0 Å². The van der Waals surface area contributed by atoms with E-state index in [1.807, 2.05) is 0 Å². The molecule has 0 fully saturated rings. The molecule has 2 aromatic rings. The molecule has 2 rings (SSSR count). The van der Waals surface area contributed by atoms with Crippen LogP contribution >= 0.6 is 27.5 Å². The predicted octanol–water partition coefficient (Wildman–Crippen LogP) is 4.90. The summed E-state index contributed by atoms with van der Waals surface area (Å²) in [5.74, 6) is 1.42. The van der Waals surface area contributed by atoms with Crippen molar-refractivity contribution in [2.75, 3.05) is 7.11 Å². The van der Waals surface area contributed by atoms with E-state index in [1.54, 1.807) is 18.2 Å². The van der Waals surface area contributed by atoms with Gasteiger partial charge in [-0.05, 0) is 23.8 Å². The minimum Gasteiger partial charge on any atom is -0.497 e. The van der Waals surface area contributed by atoms with Crippen molar-refractivity contribution >= 4 is 33.2 Å². The number of benzene rings is 2. The van der Waals surface area contributed by atoms with E-state index in [-0.39, 0.29) is 11.4 Å². The third kappa shape index (κ3) is 3.65. The summed E-state index contributed by atoms with van der Waals surface area (Å²) in [6.07, 6.45) is 0. The van der Waals surface area contributed by atoms with Crippen molar-refractivity contribution in [3.63, 3.8) is 0 Å². The van der Waals surface area contributed by atoms with E-state index in [1.165, 1.54) is 25.3 Å². The van der Waals surface area contributed by atoms with Crippen molar-refractivity contribution in [1.82, 2.24) is 0 Å². The molecule has 0 spiro atoms. The Bertz CT molecular complexity index is 678. The van der Waals surface area contributed by atoms with Crippen molar-refractivity contribution in [1.29, 1.82) is 0 Å². The Balaban J connectivity index is 2.37. The summed E-state index contributed by atoms with van der Waals surface area (Å²) in [6, 6.07) is 9.53. The average Bonchev–Trinajstić information content (AvgIpc) is 2.47. The van der Waals surface area contributed by atoms with Crippen LogP contribution in [0, 0.1) is 10.1 Å². The van der Waals surface area contributed by atoms with Crippen molar-refractivity contribution in [3.8, 4) is 17.2 Å². The van der Waals surface area contributed by atoms with Crippen LogP contribution < -0.4 is 9.47 Å². The monoisotopic (exact) mass is 371 g/mol. The average molecular weight is 373 g/mol. The van der Waals surface area contributed by atoms with Crippen LogP contribution in [0.3, 0.4) is 0 Å². The second kappa shape index (κ2) is 6.78. The van der Waals surface area contributed by atoms with E-state index < -0.39 is 4.92 Å². The van der Waals surface area contributed by atoms with Crippen molar-refractivity contribution < 1.29 is 14.4 Å². The van der Waals surface area contributed by atoms with E-state index in [9.17, 15) is 10.1 Å². The Labute approximate surface area is 134 Å². The highest BCUT2D eigenvalue weighted by molar-refractivity contribution is 9.10. The van der Waals surface area contributed by atoms with Crippen LogP contribution in [0.4, 0.5) is 5.69 Å². The zero-order valence-corrected chi connectivity index (χ0v) is 13.3. The van der Waals surface area contributed by atoms with E-state index in [0.717, 1.165) is 10.0 Å². The molecule has 0 unspecified atom stereocenters. The fraction of sp³-hybridized carbons (Fsp3) is 0.143. The van der Waals surface area contributed by atoms with E-state index >= 15 is 0 Å². The fourth-order valence-electron chi connectivity index (χ4n) is 1.68. The predicted molar refractivity (Wildman–Crippen MR) is 83.4 cm³/mol. The Morgan fingerprint density at radius 3 is 2.52 bits per heavy atom. The number of rotatable bonds is 5. The van der Waals surface area contributed by atoms with Gasteiger partial charge in [-0.25, -0.2) is 0 Å². The van der Waals surface area contributed by atoms with Crippen LogP contribution in [0.5, 0.6) is 17.2 Å². The third-order valence-corrected chi connectivity index (χ3v) is 3.79. The second-order valence-electron chi connectivity index (χ2n) is 4.08. The van der Waals surface area contributed by atoms with Crippen molar-refractivity contribution in [2.24, 2.45) is 0 Å². The van der Waals surface area contributed by atoms with Crippen LogP contribution in [0.25, 0.3) is 0 Å². The molecule has 0 aliphatic rings.